The normalized spacial score (nSPS) is 18.2. The van der Waals surface area contributed by atoms with Gasteiger partial charge < -0.3 is 15.5 Å². The number of benzene rings is 1. The van der Waals surface area contributed by atoms with Crippen molar-refractivity contribution in [2.45, 2.75) is 32.9 Å². The molecule has 1 aromatic carbocycles. The number of piperazine rings is 1. The minimum atomic E-state index is -0.920. The largest absolute Gasteiger partial charge is 0.355 e. The molecule has 0 aliphatic carbocycles. The first-order valence-corrected chi connectivity index (χ1v) is 9.45. The monoisotopic (exact) mass is 396 g/mol. The van der Waals surface area contributed by atoms with Gasteiger partial charge in [0.2, 0.25) is 11.8 Å². The van der Waals surface area contributed by atoms with E-state index >= 15 is 0 Å². The first kappa shape index (κ1) is 22.2. The van der Waals surface area contributed by atoms with E-state index in [1.54, 1.807) is 4.90 Å². The van der Waals surface area contributed by atoms with Gasteiger partial charge in [0.05, 0.1) is 12.5 Å². The van der Waals surface area contributed by atoms with Gasteiger partial charge in [-0.2, -0.15) is 0 Å². The molecular formula is C20H30F2N4O2. The molecule has 1 atom stereocenters. The quantitative estimate of drug-likeness (QED) is 0.697. The number of hydrogen-bond acceptors (Lipinski definition) is 4. The van der Waals surface area contributed by atoms with Crippen molar-refractivity contribution < 1.29 is 18.4 Å². The molecule has 1 aromatic rings. The second kappa shape index (κ2) is 9.43. The molecule has 28 heavy (non-hydrogen) atoms. The zero-order valence-electron chi connectivity index (χ0n) is 17.0. The lowest BCUT2D eigenvalue weighted by molar-refractivity contribution is -0.134. The number of nitrogens with one attached hydrogen (secondary N) is 2. The highest BCUT2D eigenvalue weighted by Gasteiger charge is 2.32. The fourth-order valence-corrected chi connectivity index (χ4v) is 3.56. The maximum absolute atomic E-state index is 14.0. The van der Waals surface area contributed by atoms with Crippen LogP contribution in [0, 0.1) is 17.0 Å². The summed E-state index contributed by atoms with van der Waals surface area (Å²) in [7, 11) is 3.94. The van der Waals surface area contributed by atoms with Crippen molar-refractivity contribution in [1.29, 1.82) is 0 Å². The number of carbonyl (C=O) groups is 2. The van der Waals surface area contributed by atoms with E-state index in [0.717, 1.165) is 12.6 Å². The summed E-state index contributed by atoms with van der Waals surface area (Å²) in [4.78, 5) is 28.5. The van der Waals surface area contributed by atoms with Crippen molar-refractivity contribution in [3.8, 4) is 0 Å². The van der Waals surface area contributed by atoms with Crippen molar-refractivity contribution in [3.63, 3.8) is 0 Å². The predicted octanol–water partition coefficient (Wildman–Crippen LogP) is 1.36. The van der Waals surface area contributed by atoms with Crippen LogP contribution in [0.1, 0.15) is 25.8 Å². The number of carbonyl (C=O) groups excluding carboxylic acids is 2. The third-order valence-electron chi connectivity index (χ3n) is 4.73. The van der Waals surface area contributed by atoms with Crippen molar-refractivity contribution in [1.82, 2.24) is 20.4 Å². The fraction of sp³-hybridized carbons (Fsp3) is 0.600. The van der Waals surface area contributed by atoms with E-state index in [-0.39, 0.29) is 35.8 Å². The summed E-state index contributed by atoms with van der Waals surface area (Å²) in [5, 5.41) is 5.64. The minimum absolute atomic E-state index is 0.0270. The lowest BCUT2D eigenvalue weighted by atomic mass is 9.93. The van der Waals surface area contributed by atoms with Crippen LogP contribution in [0.15, 0.2) is 18.2 Å². The number of nitrogens with zero attached hydrogens (tertiary/aromatic N) is 2. The number of hydrogen-bond donors (Lipinski definition) is 2. The van der Waals surface area contributed by atoms with Gasteiger partial charge in [0, 0.05) is 38.3 Å². The standard InChI is InChI=1S/C20H30F2N4O2/c1-20(2,13-25(3)4)12-24-17(27)10-16-19(28)23-8-9-26(16)11-14-6-5-7-15(21)18(14)22/h5-7,16H,8-13H2,1-4H3,(H,23,28)(H,24,27). The van der Waals surface area contributed by atoms with Crippen LogP contribution in [0.5, 0.6) is 0 Å². The molecule has 156 valence electrons. The van der Waals surface area contributed by atoms with E-state index in [0.29, 0.717) is 19.6 Å². The molecule has 0 spiro atoms. The van der Waals surface area contributed by atoms with Crippen molar-refractivity contribution >= 4 is 11.8 Å². The molecule has 8 heteroatoms. The molecule has 1 heterocycles. The first-order chi connectivity index (χ1) is 13.1. The maximum atomic E-state index is 14.0. The molecule has 2 rings (SSSR count). The Bertz CT molecular complexity index is 709. The van der Waals surface area contributed by atoms with E-state index in [1.807, 2.05) is 14.1 Å². The summed E-state index contributed by atoms with van der Waals surface area (Å²) in [6, 6.07) is 3.27. The van der Waals surface area contributed by atoms with Crippen LogP contribution >= 0.6 is 0 Å². The molecule has 0 saturated carbocycles. The average Bonchev–Trinajstić information content (AvgIpc) is 2.59. The number of halogens is 2. The number of rotatable bonds is 8. The van der Waals surface area contributed by atoms with Gasteiger partial charge in [-0.3, -0.25) is 14.5 Å². The highest BCUT2D eigenvalue weighted by atomic mass is 19.2. The summed E-state index contributed by atoms with van der Waals surface area (Å²) in [5.74, 6) is -2.34. The van der Waals surface area contributed by atoms with Crippen LogP contribution in [-0.2, 0) is 16.1 Å². The fourth-order valence-electron chi connectivity index (χ4n) is 3.56. The first-order valence-electron chi connectivity index (χ1n) is 9.45. The van der Waals surface area contributed by atoms with Gasteiger partial charge in [-0.05, 0) is 25.6 Å². The van der Waals surface area contributed by atoms with Crippen LogP contribution in [0.4, 0.5) is 8.78 Å². The smallest absolute Gasteiger partial charge is 0.237 e. The Labute approximate surface area is 165 Å². The van der Waals surface area contributed by atoms with Crippen molar-refractivity contribution in [2.24, 2.45) is 5.41 Å². The Morgan fingerprint density at radius 3 is 2.75 bits per heavy atom. The van der Waals surface area contributed by atoms with E-state index in [4.69, 9.17) is 0 Å². The molecule has 2 N–H and O–H groups in total. The summed E-state index contributed by atoms with van der Waals surface area (Å²) in [6.07, 6.45) is -0.0270. The Kier molecular flexibility index (Phi) is 7.48. The highest BCUT2D eigenvalue weighted by Crippen LogP contribution is 2.19. The van der Waals surface area contributed by atoms with Gasteiger partial charge in [-0.1, -0.05) is 26.0 Å². The topological polar surface area (TPSA) is 64.7 Å². The van der Waals surface area contributed by atoms with Crippen LogP contribution in [-0.4, -0.2) is 67.9 Å². The summed E-state index contributed by atoms with van der Waals surface area (Å²) in [6.45, 7) is 6.34. The summed E-state index contributed by atoms with van der Waals surface area (Å²) >= 11 is 0. The Morgan fingerprint density at radius 2 is 2.07 bits per heavy atom. The molecule has 1 aliphatic heterocycles. The molecule has 2 amide bonds. The van der Waals surface area contributed by atoms with Gasteiger partial charge in [-0.25, -0.2) is 8.78 Å². The second-order valence-electron chi connectivity index (χ2n) is 8.37. The van der Waals surface area contributed by atoms with Gasteiger partial charge in [-0.15, -0.1) is 0 Å². The van der Waals surface area contributed by atoms with Crippen LogP contribution < -0.4 is 10.6 Å². The molecular weight excluding hydrogens is 366 g/mol. The molecule has 6 nitrogen and oxygen atoms in total. The third kappa shape index (κ3) is 6.24. The van der Waals surface area contributed by atoms with Crippen molar-refractivity contribution in [3.05, 3.63) is 35.4 Å². The summed E-state index contributed by atoms with van der Waals surface area (Å²) in [5.41, 5.74) is 0.0606. The Hall–Kier alpha value is -2.06. The molecule has 1 fully saturated rings. The van der Waals surface area contributed by atoms with Crippen LogP contribution in [0.3, 0.4) is 0 Å². The predicted molar refractivity (Wildman–Crippen MR) is 104 cm³/mol. The van der Waals surface area contributed by atoms with Crippen LogP contribution in [0.25, 0.3) is 0 Å². The average molecular weight is 396 g/mol. The second-order valence-corrected chi connectivity index (χ2v) is 8.37. The van der Waals surface area contributed by atoms with E-state index in [2.05, 4.69) is 29.4 Å². The maximum Gasteiger partial charge on any atom is 0.237 e. The molecule has 1 aliphatic rings. The lowest BCUT2D eigenvalue weighted by Crippen LogP contribution is -2.56. The molecule has 0 bridgehead atoms. The third-order valence-corrected chi connectivity index (χ3v) is 4.73. The van der Waals surface area contributed by atoms with Gasteiger partial charge in [0.25, 0.3) is 0 Å². The van der Waals surface area contributed by atoms with Gasteiger partial charge >= 0.3 is 0 Å². The molecule has 0 aromatic heterocycles. The van der Waals surface area contributed by atoms with E-state index in [1.165, 1.54) is 12.1 Å². The van der Waals surface area contributed by atoms with E-state index in [9.17, 15) is 18.4 Å². The Balaban J connectivity index is 2.01. The van der Waals surface area contributed by atoms with E-state index < -0.39 is 17.7 Å². The highest BCUT2D eigenvalue weighted by molar-refractivity contribution is 5.88. The van der Waals surface area contributed by atoms with Gasteiger partial charge in [0.1, 0.15) is 0 Å². The Morgan fingerprint density at radius 1 is 1.36 bits per heavy atom. The lowest BCUT2D eigenvalue weighted by Gasteiger charge is -2.35. The number of amides is 2. The minimum Gasteiger partial charge on any atom is -0.355 e. The zero-order chi connectivity index (χ0) is 20.9. The molecule has 0 radical (unpaired) electrons. The molecule has 1 unspecified atom stereocenters. The zero-order valence-corrected chi connectivity index (χ0v) is 17.0. The van der Waals surface area contributed by atoms with Crippen LogP contribution in [0.2, 0.25) is 0 Å². The van der Waals surface area contributed by atoms with Gasteiger partial charge in [0.15, 0.2) is 11.6 Å². The van der Waals surface area contributed by atoms with Crippen molar-refractivity contribution in [2.75, 3.05) is 40.3 Å². The molecule has 1 saturated heterocycles. The summed E-state index contributed by atoms with van der Waals surface area (Å²) < 4.78 is 27.5. The SMILES string of the molecule is CN(C)CC(C)(C)CNC(=O)CC1C(=O)NCCN1Cc1cccc(F)c1F.